The number of anilines is 1. The van der Waals surface area contributed by atoms with Gasteiger partial charge >= 0.3 is 0 Å². The summed E-state index contributed by atoms with van der Waals surface area (Å²) in [5.41, 5.74) is 3.21. The van der Waals surface area contributed by atoms with E-state index in [4.69, 9.17) is 0 Å². The van der Waals surface area contributed by atoms with E-state index in [1.54, 1.807) is 6.20 Å². The number of aromatic nitrogens is 3. The maximum absolute atomic E-state index is 12.0. The van der Waals surface area contributed by atoms with Gasteiger partial charge in [0.15, 0.2) is 5.82 Å². The van der Waals surface area contributed by atoms with Crippen molar-refractivity contribution in [3.63, 3.8) is 0 Å². The molecular formula is C19H20N4O. The number of aromatic amines is 1. The molecule has 0 unspecified atom stereocenters. The SMILES string of the molecule is O=C(CCc1ccccn1)Nc1cc(CCc2ccccc2)[nH]n1. The van der Waals surface area contributed by atoms with Crippen molar-refractivity contribution in [2.24, 2.45) is 0 Å². The van der Waals surface area contributed by atoms with Crippen molar-refractivity contribution in [3.8, 4) is 0 Å². The molecule has 0 radical (unpaired) electrons. The normalized spacial score (nSPS) is 10.5. The lowest BCUT2D eigenvalue weighted by atomic mass is 10.1. The molecule has 1 aromatic carbocycles. The third-order valence-corrected chi connectivity index (χ3v) is 3.76. The Labute approximate surface area is 141 Å². The summed E-state index contributed by atoms with van der Waals surface area (Å²) in [4.78, 5) is 16.2. The van der Waals surface area contributed by atoms with Crippen LogP contribution in [-0.2, 0) is 24.1 Å². The van der Waals surface area contributed by atoms with Crippen LogP contribution in [0.25, 0.3) is 0 Å². The Morgan fingerprint density at radius 3 is 2.62 bits per heavy atom. The molecule has 5 nitrogen and oxygen atoms in total. The van der Waals surface area contributed by atoms with Crippen LogP contribution < -0.4 is 5.32 Å². The predicted molar refractivity (Wildman–Crippen MR) is 93.6 cm³/mol. The lowest BCUT2D eigenvalue weighted by molar-refractivity contribution is -0.116. The van der Waals surface area contributed by atoms with Gasteiger partial charge in [0.05, 0.1) is 0 Å². The van der Waals surface area contributed by atoms with Crippen LogP contribution in [0.5, 0.6) is 0 Å². The summed E-state index contributed by atoms with van der Waals surface area (Å²) in [7, 11) is 0. The fourth-order valence-electron chi connectivity index (χ4n) is 2.47. The molecule has 3 rings (SSSR count). The van der Waals surface area contributed by atoms with Gasteiger partial charge in [-0.15, -0.1) is 0 Å². The van der Waals surface area contributed by atoms with Crippen LogP contribution in [0.4, 0.5) is 5.82 Å². The Balaban J connectivity index is 1.46. The molecule has 0 aliphatic heterocycles. The molecular weight excluding hydrogens is 300 g/mol. The second kappa shape index (κ2) is 8.06. The summed E-state index contributed by atoms with van der Waals surface area (Å²) in [6.45, 7) is 0. The average Bonchev–Trinajstić information content (AvgIpc) is 3.07. The zero-order valence-corrected chi connectivity index (χ0v) is 13.4. The molecule has 0 spiro atoms. The minimum atomic E-state index is -0.0539. The highest BCUT2D eigenvalue weighted by Crippen LogP contribution is 2.10. The Bertz CT molecular complexity index is 768. The number of carbonyl (C=O) groups is 1. The summed E-state index contributed by atoms with van der Waals surface area (Å²) >= 11 is 0. The van der Waals surface area contributed by atoms with Crippen molar-refractivity contribution < 1.29 is 4.79 Å². The van der Waals surface area contributed by atoms with Crippen LogP contribution in [0.2, 0.25) is 0 Å². The zero-order chi connectivity index (χ0) is 16.6. The molecule has 5 heteroatoms. The molecule has 24 heavy (non-hydrogen) atoms. The number of aryl methyl sites for hydroxylation is 3. The van der Waals surface area contributed by atoms with Gasteiger partial charge in [-0.3, -0.25) is 14.9 Å². The number of H-pyrrole nitrogens is 1. The maximum atomic E-state index is 12.0. The molecule has 0 aliphatic carbocycles. The van der Waals surface area contributed by atoms with Crippen molar-refractivity contribution in [2.75, 3.05) is 5.32 Å². The van der Waals surface area contributed by atoms with E-state index in [2.05, 4.69) is 32.6 Å². The Kier molecular flexibility index (Phi) is 5.35. The lowest BCUT2D eigenvalue weighted by Gasteiger charge is -2.01. The smallest absolute Gasteiger partial charge is 0.225 e. The average molecular weight is 320 g/mol. The van der Waals surface area contributed by atoms with E-state index in [9.17, 15) is 4.79 Å². The van der Waals surface area contributed by atoms with Gasteiger partial charge in [0.1, 0.15) is 0 Å². The standard InChI is InChI=1S/C19H20N4O/c24-19(12-11-16-8-4-5-13-20-16)21-18-14-17(22-23-18)10-9-15-6-2-1-3-7-15/h1-8,13-14H,9-12H2,(H2,21,22,23,24). The lowest BCUT2D eigenvalue weighted by Crippen LogP contribution is -2.12. The second-order valence-electron chi connectivity index (χ2n) is 5.63. The summed E-state index contributed by atoms with van der Waals surface area (Å²) in [5, 5.41) is 9.95. The highest BCUT2D eigenvalue weighted by atomic mass is 16.1. The van der Waals surface area contributed by atoms with E-state index in [0.29, 0.717) is 18.7 Å². The molecule has 0 atom stereocenters. The number of pyridine rings is 1. The van der Waals surface area contributed by atoms with Crippen LogP contribution in [0, 0.1) is 0 Å². The van der Waals surface area contributed by atoms with Crippen molar-refractivity contribution in [2.45, 2.75) is 25.7 Å². The summed E-state index contributed by atoms with van der Waals surface area (Å²) in [6, 6.07) is 17.9. The van der Waals surface area contributed by atoms with E-state index in [1.807, 2.05) is 42.5 Å². The quantitative estimate of drug-likeness (QED) is 0.702. The van der Waals surface area contributed by atoms with Gasteiger partial charge < -0.3 is 5.32 Å². The fraction of sp³-hybridized carbons (Fsp3) is 0.211. The van der Waals surface area contributed by atoms with E-state index in [0.717, 1.165) is 24.2 Å². The van der Waals surface area contributed by atoms with E-state index < -0.39 is 0 Å². The van der Waals surface area contributed by atoms with E-state index >= 15 is 0 Å². The van der Waals surface area contributed by atoms with Gasteiger partial charge in [-0.05, 0) is 37.0 Å². The number of benzene rings is 1. The molecule has 3 aromatic rings. The van der Waals surface area contributed by atoms with Gasteiger partial charge in [0.2, 0.25) is 5.91 Å². The summed E-state index contributed by atoms with van der Waals surface area (Å²) in [6.07, 6.45) is 4.55. The summed E-state index contributed by atoms with van der Waals surface area (Å²) in [5.74, 6) is 0.519. The maximum Gasteiger partial charge on any atom is 0.225 e. The van der Waals surface area contributed by atoms with Gasteiger partial charge in [0.25, 0.3) is 0 Å². The molecule has 0 bridgehead atoms. The monoisotopic (exact) mass is 320 g/mol. The Hall–Kier alpha value is -2.95. The second-order valence-corrected chi connectivity index (χ2v) is 5.63. The molecule has 2 heterocycles. The molecule has 2 aromatic heterocycles. The zero-order valence-electron chi connectivity index (χ0n) is 13.4. The van der Waals surface area contributed by atoms with Gasteiger partial charge in [-0.2, -0.15) is 5.10 Å². The number of amides is 1. The molecule has 0 saturated carbocycles. The number of nitrogens with zero attached hydrogens (tertiary/aromatic N) is 2. The number of nitrogens with one attached hydrogen (secondary N) is 2. The van der Waals surface area contributed by atoms with E-state index in [-0.39, 0.29) is 5.91 Å². The van der Waals surface area contributed by atoms with Gasteiger partial charge in [-0.1, -0.05) is 36.4 Å². The molecule has 122 valence electrons. The largest absolute Gasteiger partial charge is 0.309 e. The number of hydrogen-bond acceptors (Lipinski definition) is 3. The van der Waals surface area contributed by atoms with Crippen molar-refractivity contribution in [3.05, 3.63) is 77.7 Å². The van der Waals surface area contributed by atoms with Crippen LogP contribution >= 0.6 is 0 Å². The van der Waals surface area contributed by atoms with E-state index in [1.165, 1.54) is 5.56 Å². The Morgan fingerprint density at radius 1 is 1.00 bits per heavy atom. The van der Waals surface area contributed by atoms with Gasteiger partial charge in [0, 0.05) is 30.1 Å². The van der Waals surface area contributed by atoms with Gasteiger partial charge in [-0.25, -0.2) is 0 Å². The minimum absolute atomic E-state index is 0.0539. The predicted octanol–water partition coefficient (Wildman–Crippen LogP) is 3.16. The molecule has 2 N–H and O–H groups in total. The molecule has 0 saturated heterocycles. The molecule has 0 fully saturated rings. The number of carbonyl (C=O) groups excluding carboxylic acids is 1. The highest BCUT2D eigenvalue weighted by Gasteiger charge is 2.07. The highest BCUT2D eigenvalue weighted by molar-refractivity contribution is 5.89. The number of hydrogen-bond donors (Lipinski definition) is 2. The van der Waals surface area contributed by atoms with Crippen LogP contribution in [-0.4, -0.2) is 21.1 Å². The Morgan fingerprint density at radius 2 is 1.83 bits per heavy atom. The fourth-order valence-corrected chi connectivity index (χ4v) is 2.47. The molecule has 1 amide bonds. The third-order valence-electron chi connectivity index (χ3n) is 3.76. The third kappa shape index (κ3) is 4.78. The first-order valence-corrected chi connectivity index (χ1v) is 8.07. The summed E-state index contributed by atoms with van der Waals surface area (Å²) < 4.78 is 0. The minimum Gasteiger partial charge on any atom is -0.309 e. The topological polar surface area (TPSA) is 70.7 Å². The van der Waals surface area contributed by atoms with Crippen molar-refractivity contribution in [1.29, 1.82) is 0 Å². The van der Waals surface area contributed by atoms with Crippen LogP contribution in [0.3, 0.4) is 0 Å². The number of rotatable bonds is 7. The first-order valence-electron chi connectivity index (χ1n) is 8.07. The first kappa shape index (κ1) is 15.9. The first-order chi connectivity index (χ1) is 11.8. The molecule has 0 aliphatic rings. The van der Waals surface area contributed by atoms with Crippen molar-refractivity contribution in [1.82, 2.24) is 15.2 Å². The van der Waals surface area contributed by atoms with Crippen LogP contribution in [0.15, 0.2) is 60.8 Å². The van der Waals surface area contributed by atoms with Crippen LogP contribution in [0.1, 0.15) is 23.4 Å². The van der Waals surface area contributed by atoms with Crippen molar-refractivity contribution >= 4 is 11.7 Å².